The molecule has 1 amide bonds. The first-order valence-corrected chi connectivity index (χ1v) is 10.2. The second kappa shape index (κ2) is 8.85. The molecule has 0 unspecified atom stereocenters. The van der Waals surface area contributed by atoms with Gasteiger partial charge in [-0.2, -0.15) is 0 Å². The van der Waals surface area contributed by atoms with E-state index < -0.39 is 5.82 Å². The predicted octanol–water partition coefficient (Wildman–Crippen LogP) is 4.03. The van der Waals surface area contributed by atoms with E-state index in [2.05, 4.69) is 36.5 Å². The highest BCUT2D eigenvalue weighted by molar-refractivity contribution is 9.10. The number of aromatic amines is 1. The minimum atomic E-state index is -0.400. The first-order valence-electron chi connectivity index (χ1n) is 9.40. The number of carbonyl (C=O) groups excluding carboxylic acids is 1. The first kappa shape index (κ1) is 20.4. The van der Waals surface area contributed by atoms with Gasteiger partial charge in [-0.05, 0) is 34.1 Å². The Morgan fingerprint density at radius 2 is 2.17 bits per heavy atom. The number of aromatic nitrogens is 2. The van der Waals surface area contributed by atoms with E-state index in [4.69, 9.17) is 9.47 Å². The lowest BCUT2D eigenvalue weighted by atomic mass is 10.0. The Morgan fingerprint density at radius 1 is 1.30 bits per heavy atom. The summed E-state index contributed by atoms with van der Waals surface area (Å²) in [6.45, 7) is 1.33. The highest BCUT2D eigenvalue weighted by Crippen LogP contribution is 2.41. The molecular formula is C21H20BrFN4O3. The molecule has 0 spiro atoms. The zero-order valence-corrected chi connectivity index (χ0v) is 17.8. The molecule has 1 aliphatic rings. The van der Waals surface area contributed by atoms with E-state index in [0.29, 0.717) is 54.6 Å². The molecule has 3 heterocycles. The molecule has 0 atom stereocenters. The van der Waals surface area contributed by atoms with Crippen molar-refractivity contribution in [2.24, 2.45) is 0 Å². The van der Waals surface area contributed by atoms with Gasteiger partial charge in [-0.25, -0.2) is 4.39 Å². The number of fused-ring (bicyclic) bond motifs is 1. The largest absolute Gasteiger partial charge is 0.489 e. The molecule has 156 valence electrons. The molecule has 0 saturated heterocycles. The van der Waals surface area contributed by atoms with Crippen molar-refractivity contribution in [2.45, 2.75) is 6.42 Å². The van der Waals surface area contributed by atoms with Crippen LogP contribution in [0.5, 0.6) is 5.75 Å². The molecule has 0 saturated carbocycles. The highest BCUT2D eigenvalue weighted by atomic mass is 79.9. The van der Waals surface area contributed by atoms with Crippen molar-refractivity contribution in [3.05, 3.63) is 58.2 Å². The summed E-state index contributed by atoms with van der Waals surface area (Å²) in [5, 5.41) is 6.10. The molecule has 3 aromatic rings. The third-order valence-corrected chi connectivity index (χ3v) is 5.58. The maximum absolute atomic E-state index is 14.1. The lowest BCUT2D eigenvalue weighted by molar-refractivity contribution is 0.0947. The van der Waals surface area contributed by atoms with Gasteiger partial charge in [0.25, 0.3) is 5.91 Å². The Kier molecular flexibility index (Phi) is 6.01. The van der Waals surface area contributed by atoms with Gasteiger partial charge in [-0.1, -0.05) is 6.07 Å². The standard InChI is InChI=1S/C21H20BrFN4O3/c1-29-9-10-30-16-11-24-7-5-12(16)19-20(17-14(26-19)6-8-25-21(17)28)27-15-4-2-3-13(23)18(15)22/h2-5,7,11,26-27H,6,8-10H2,1H3,(H,25,28). The van der Waals surface area contributed by atoms with Crippen molar-refractivity contribution in [1.82, 2.24) is 15.3 Å². The van der Waals surface area contributed by atoms with E-state index in [-0.39, 0.29) is 10.4 Å². The van der Waals surface area contributed by atoms with E-state index in [1.807, 2.05) is 6.07 Å². The number of carbonyl (C=O) groups is 1. The van der Waals surface area contributed by atoms with Crippen LogP contribution in [0, 0.1) is 5.82 Å². The molecular weight excluding hydrogens is 455 g/mol. The van der Waals surface area contributed by atoms with Crippen LogP contribution in [0.25, 0.3) is 11.3 Å². The van der Waals surface area contributed by atoms with Gasteiger partial charge in [0, 0.05) is 37.5 Å². The number of halogens is 2. The third kappa shape index (κ3) is 3.90. The van der Waals surface area contributed by atoms with Crippen LogP contribution in [0.15, 0.2) is 41.1 Å². The fraction of sp³-hybridized carbons (Fsp3) is 0.238. The van der Waals surface area contributed by atoms with Crippen molar-refractivity contribution >= 4 is 33.2 Å². The van der Waals surface area contributed by atoms with Gasteiger partial charge in [-0.3, -0.25) is 9.78 Å². The van der Waals surface area contributed by atoms with Gasteiger partial charge in [0.15, 0.2) is 0 Å². The molecule has 0 fully saturated rings. The van der Waals surface area contributed by atoms with Gasteiger partial charge in [0.05, 0.1) is 39.9 Å². The number of ether oxygens (including phenoxy) is 2. The summed E-state index contributed by atoms with van der Waals surface area (Å²) in [7, 11) is 1.60. The SMILES string of the molecule is COCCOc1cnccc1-c1[nH]c2c(c1Nc1cccc(F)c1Br)C(=O)NCC2. The van der Waals surface area contributed by atoms with E-state index in [1.54, 1.807) is 31.6 Å². The van der Waals surface area contributed by atoms with Crippen molar-refractivity contribution in [1.29, 1.82) is 0 Å². The highest BCUT2D eigenvalue weighted by Gasteiger charge is 2.28. The quantitative estimate of drug-likeness (QED) is 0.449. The van der Waals surface area contributed by atoms with E-state index in [1.165, 1.54) is 6.07 Å². The molecule has 7 nitrogen and oxygen atoms in total. The van der Waals surface area contributed by atoms with Crippen LogP contribution in [-0.2, 0) is 11.2 Å². The van der Waals surface area contributed by atoms with Crippen LogP contribution in [0.3, 0.4) is 0 Å². The molecule has 0 bridgehead atoms. The Bertz CT molecular complexity index is 1090. The number of anilines is 2. The maximum Gasteiger partial charge on any atom is 0.255 e. The van der Waals surface area contributed by atoms with Crippen LogP contribution in [-0.4, -0.2) is 42.7 Å². The lowest BCUT2D eigenvalue weighted by Crippen LogP contribution is -2.31. The summed E-state index contributed by atoms with van der Waals surface area (Å²) in [4.78, 5) is 20.2. The van der Waals surface area contributed by atoms with Gasteiger partial charge in [0.2, 0.25) is 0 Å². The second-order valence-electron chi connectivity index (χ2n) is 6.67. The average Bonchev–Trinajstić information content (AvgIpc) is 3.11. The molecule has 0 aliphatic carbocycles. The van der Waals surface area contributed by atoms with Gasteiger partial charge < -0.3 is 25.1 Å². The summed E-state index contributed by atoms with van der Waals surface area (Å²) in [6.07, 6.45) is 3.93. The number of nitrogens with one attached hydrogen (secondary N) is 3. The van der Waals surface area contributed by atoms with Crippen molar-refractivity contribution in [3.63, 3.8) is 0 Å². The summed E-state index contributed by atoms with van der Waals surface area (Å²) in [5.74, 6) is -0.0394. The average molecular weight is 475 g/mol. The van der Waals surface area contributed by atoms with Crippen molar-refractivity contribution in [3.8, 4) is 17.0 Å². The normalized spacial score (nSPS) is 13.0. The summed E-state index contributed by atoms with van der Waals surface area (Å²) in [6, 6.07) is 6.51. The Balaban J connectivity index is 1.83. The molecule has 2 aromatic heterocycles. The molecule has 0 radical (unpaired) electrons. The van der Waals surface area contributed by atoms with E-state index in [0.717, 1.165) is 11.3 Å². The Labute approximate surface area is 181 Å². The minimum absolute atomic E-state index is 0.190. The number of hydrogen-bond acceptors (Lipinski definition) is 5. The number of hydrogen-bond donors (Lipinski definition) is 3. The number of amides is 1. The molecule has 30 heavy (non-hydrogen) atoms. The molecule has 1 aliphatic heterocycles. The number of rotatable bonds is 7. The zero-order valence-electron chi connectivity index (χ0n) is 16.2. The fourth-order valence-corrected chi connectivity index (χ4v) is 3.74. The Morgan fingerprint density at radius 3 is 3.00 bits per heavy atom. The number of benzene rings is 1. The first-order chi connectivity index (χ1) is 14.6. The van der Waals surface area contributed by atoms with Gasteiger partial charge in [-0.15, -0.1) is 0 Å². The predicted molar refractivity (Wildman–Crippen MR) is 115 cm³/mol. The molecule has 1 aromatic carbocycles. The molecule has 9 heteroatoms. The van der Waals surface area contributed by atoms with Crippen LogP contribution >= 0.6 is 15.9 Å². The Hall–Kier alpha value is -2.91. The van der Waals surface area contributed by atoms with Crippen molar-refractivity contribution < 1.29 is 18.7 Å². The monoisotopic (exact) mass is 474 g/mol. The van der Waals surface area contributed by atoms with Crippen LogP contribution < -0.4 is 15.4 Å². The van der Waals surface area contributed by atoms with Crippen LogP contribution in [0.4, 0.5) is 15.8 Å². The van der Waals surface area contributed by atoms with Crippen LogP contribution in [0.1, 0.15) is 16.1 Å². The smallest absolute Gasteiger partial charge is 0.255 e. The molecule has 4 rings (SSSR count). The number of nitrogens with zero attached hydrogens (tertiary/aromatic N) is 1. The van der Waals surface area contributed by atoms with Gasteiger partial charge in [0.1, 0.15) is 18.2 Å². The minimum Gasteiger partial charge on any atom is -0.489 e. The number of methoxy groups -OCH3 is 1. The number of pyridine rings is 1. The van der Waals surface area contributed by atoms with Crippen LogP contribution in [0.2, 0.25) is 0 Å². The fourth-order valence-electron chi connectivity index (χ4n) is 3.38. The molecule has 3 N–H and O–H groups in total. The topological polar surface area (TPSA) is 88.3 Å². The van der Waals surface area contributed by atoms with E-state index >= 15 is 0 Å². The zero-order chi connectivity index (χ0) is 21.1. The second-order valence-corrected chi connectivity index (χ2v) is 7.47. The van der Waals surface area contributed by atoms with E-state index in [9.17, 15) is 9.18 Å². The summed E-state index contributed by atoms with van der Waals surface area (Å²) in [5.41, 5.74) is 3.78. The summed E-state index contributed by atoms with van der Waals surface area (Å²) < 4.78 is 25.2. The maximum atomic E-state index is 14.1. The van der Waals surface area contributed by atoms with Crippen molar-refractivity contribution in [2.75, 3.05) is 32.2 Å². The third-order valence-electron chi connectivity index (χ3n) is 4.78. The number of H-pyrrole nitrogens is 1. The van der Waals surface area contributed by atoms with Gasteiger partial charge >= 0.3 is 0 Å². The lowest BCUT2D eigenvalue weighted by Gasteiger charge is -2.16. The summed E-state index contributed by atoms with van der Waals surface area (Å²) >= 11 is 3.28.